The fourth-order valence-corrected chi connectivity index (χ4v) is 4.06. The second-order valence-corrected chi connectivity index (χ2v) is 8.38. The molecule has 0 spiro atoms. The summed E-state index contributed by atoms with van der Waals surface area (Å²) < 4.78 is 41.4. The average Bonchev–Trinajstić information content (AvgIpc) is 3.22. The molecule has 0 aliphatic heterocycles. The second kappa shape index (κ2) is 10.1. The molecule has 0 atom stereocenters. The topological polar surface area (TPSA) is 8.17 Å². The summed E-state index contributed by atoms with van der Waals surface area (Å²) in [6, 6.07) is 28.3. The van der Waals surface area contributed by atoms with E-state index in [2.05, 4.69) is 42.2 Å². The van der Waals surface area contributed by atoms with Gasteiger partial charge in [-0.15, -0.1) is 0 Å². The third kappa shape index (κ3) is 6.14. The van der Waals surface area contributed by atoms with E-state index < -0.39 is 11.7 Å². The zero-order valence-electron chi connectivity index (χ0n) is 18.6. The maximum Gasteiger partial charge on any atom is 0.416 e. The first-order chi connectivity index (χ1) is 15.9. The van der Waals surface area contributed by atoms with Crippen molar-refractivity contribution in [3.05, 3.63) is 131 Å². The monoisotopic (exact) mass is 448 g/mol. The van der Waals surface area contributed by atoms with Crippen molar-refractivity contribution in [3.63, 3.8) is 0 Å². The number of alkyl halides is 3. The van der Waals surface area contributed by atoms with Crippen LogP contribution in [-0.4, -0.2) is 9.47 Å². The van der Waals surface area contributed by atoms with Crippen LogP contribution in [0, 0.1) is 6.92 Å². The van der Waals surface area contributed by atoms with Gasteiger partial charge >= 0.3 is 6.18 Å². The smallest absolute Gasteiger partial charge is 0.346 e. The number of aromatic nitrogens is 1. The molecule has 170 valence electrons. The van der Waals surface area contributed by atoms with E-state index in [1.807, 2.05) is 47.2 Å². The molecule has 0 aliphatic rings. The van der Waals surface area contributed by atoms with Crippen LogP contribution in [0.25, 0.3) is 0 Å². The number of hydrogen-bond acceptors (Lipinski definition) is 1. The molecule has 0 N–H and O–H groups in total. The molecule has 5 heteroatoms. The molecule has 0 fully saturated rings. The highest BCUT2D eigenvalue weighted by atomic mass is 19.4. The minimum Gasteiger partial charge on any atom is -0.346 e. The second-order valence-electron chi connectivity index (χ2n) is 8.38. The van der Waals surface area contributed by atoms with Gasteiger partial charge in [0.1, 0.15) is 0 Å². The van der Waals surface area contributed by atoms with Crippen LogP contribution in [0.4, 0.5) is 13.2 Å². The lowest BCUT2D eigenvalue weighted by Gasteiger charge is -2.24. The molecular formula is C28H27F3N2. The molecule has 33 heavy (non-hydrogen) atoms. The number of hydrogen-bond donors (Lipinski definition) is 0. The van der Waals surface area contributed by atoms with Gasteiger partial charge in [0.15, 0.2) is 0 Å². The zero-order chi connectivity index (χ0) is 23.3. The third-order valence-corrected chi connectivity index (χ3v) is 5.82. The maximum atomic E-state index is 13.1. The van der Waals surface area contributed by atoms with Gasteiger partial charge in [-0.05, 0) is 53.4 Å². The number of aryl methyl sites for hydroxylation is 1. The summed E-state index contributed by atoms with van der Waals surface area (Å²) in [5.41, 5.74) is 4.83. The number of benzene rings is 3. The van der Waals surface area contributed by atoms with Crippen molar-refractivity contribution in [2.75, 3.05) is 0 Å². The van der Waals surface area contributed by atoms with Gasteiger partial charge in [-0.1, -0.05) is 66.7 Å². The van der Waals surface area contributed by atoms with Gasteiger partial charge < -0.3 is 4.57 Å². The summed E-state index contributed by atoms with van der Waals surface area (Å²) >= 11 is 0. The van der Waals surface area contributed by atoms with Gasteiger partial charge in [-0.3, -0.25) is 4.90 Å². The van der Waals surface area contributed by atoms with E-state index in [0.717, 1.165) is 24.8 Å². The normalized spacial score (nSPS) is 11.8. The highest BCUT2D eigenvalue weighted by Gasteiger charge is 2.30. The quantitative estimate of drug-likeness (QED) is 0.280. The van der Waals surface area contributed by atoms with Crippen molar-refractivity contribution in [3.8, 4) is 0 Å². The van der Waals surface area contributed by atoms with Crippen molar-refractivity contribution in [2.24, 2.45) is 0 Å². The molecule has 2 nitrogen and oxygen atoms in total. The van der Waals surface area contributed by atoms with Gasteiger partial charge in [0, 0.05) is 38.1 Å². The van der Waals surface area contributed by atoms with Crippen LogP contribution >= 0.6 is 0 Å². The predicted octanol–water partition coefficient (Wildman–Crippen LogP) is 7.07. The molecule has 1 aromatic heterocycles. The number of nitrogens with zero attached hydrogens (tertiary/aromatic N) is 2. The minimum absolute atomic E-state index is 0.399. The Bertz CT molecular complexity index is 1180. The van der Waals surface area contributed by atoms with E-state index in [-0.39, 0.29) is 0 Å². The molecule has 1 heterocycles. The summed E-state index contributed by atoms with van der Waals surface area (Å²) in [7, 11) is 0. The summed E-state index contributed by atoms with van der Waals surface area (Å²) in [4.78, 5) is 2.37. The molecule has 0 amide bonds. The fraction of sp³-hybridized carbons (Fsp3) is 0.214. The third-order valence-electron chi connectivity index (χ3n) is 5.82. The Morgan fingerprint density at radius 2 is 1.45 bits per heavy atom. The van der Waals surface area contributed by atoms with Crippen LogP contribution in [0.5, 0.6) is 0 Å². The summed E-state index contributed by atoms with van der Waals surface area (Å²) in [6.07, 6.45) is -2.40. The lowest BCUT2D eigenvalue weighted by Crippen LogP contribution is -2.24. The predicted molar refractivity (Wildman–Crippen MR) is 126 cm³/mol. The van der Waals surface area contributed by atoms with Crippen LogP contribution in [0.3, 0.4) is 0 Å². The molecule has 0 aliphatic carbocycles. The van der Waals surface area contributed by atoms with E-state index in [1.165, 1.54) is 28.8 Å². The van der Waals surface area contributed by atoms with Gasteiger partial charge in [0.2, 0.25) is 0 Å². The Morgan fingerprint density at radius 3 is 2.21 bits per heavy atom. The van der Waals surface area contributed by atoms with Gasteiger partial charge in [-0.25, -0.2) is 0 Å². The van der Waals surface area contributed by atoms with Gasteiger partial charge in [0.25, 0.3) is 0 Å². The van der Waals surface area contributed by atoms with Crippen LogP contribution in [0.1, 0.15) is 33.5 Å². The Balaban J connectivity index is 1.56. The van der Waals surface area contributed by atoms with Crippen molar-refractivity contribution in [1.29, 1.82) is 0 Å². The first kappa shape index (κ1) is 22.9. The summed E-state index contributed by atoms with van der Waals surface area (Å²) in [6.45, 7) is 4.78. The van der Waals surface area contributed by atoms with Gasteiger partial charge in [-0.2, -0.15) is 13.2 Å². The summed E-state index contributed by atoms with van der Waals surface area (Å²) in [5, 5.41) is 0. The van der Waals surface area contributed by atoms with E-state index >= 15 is 0 Å². The molecule has 0 saturated heterocycles. The number of rotatable bonds is 8. The lowest BCUT2D eigenvalue weighted by atomic mass is 10.1. The molecule has 0 bridgehead atoms. The molecule has 4 aromatic rings. The van der Waals surface area contributed by atoms with Crippen molar-refractivity contribution in [2.45, 2.75) is 39.3 Å². The first-order valence-corrected chi connectivity index (χ1v) is 11.0. The molecule has 0 unspecified atom stereocenters. The molecule has 3 aromatic carbocycles. The van der Waals surface area contributed by atoms with Crippen molar-refractivity contribution >= 4 is 0 Å². The highest BCUT2D eigenvalue weighted by Crippen LogP contribution is 2.30. The maximum absolute atomic E-state index is 13.1. The lowest BCUT2D eigenvalue weighted by molar-refractivity contribution is -0.137. The average molecular weight is 449 g/mol. The van der Waals surface area contributed by atoms with Crippen LogP contribution in [0.2, 0.25) is 0 Å². The van der Waals surface area contributed by atoms with Crippen LogP contribution in [0.15, 0.2) is 97.2 Å². The SMILES string of the molecule is Cc1ccccc1CN(Cc1ccccc1)Cc1cccn1Cc1cccc(C(F)(F)F)c1. The molecule has 0 radical (unpaired) electrons. The zero-order valence-corrected chi connectivity index (χ0v) is 18.6. The first-order valence-electron chi connectivity index (χ1n) is 11.0. The molecule has 4 rings (SSSR count). The Labute approximate surface area is 192 Å². The van der Waals surface area contributed by atoms with Crippen LogP contribution < -0.4 is 0 Å². The van der Waals surface area contributed by atoms with Crippen LogP contribution in [-0.2, 0) is 32.4 Å². The van der Waals surface area contributed by atoms with E-state index in [0.29, 0.717) is 18.7 Å². The van der Waals surface area contributed by atoms with E-state index in [9.17, 15) is 13.2 Å². The Kier molecular flexibility index (Phi) is 6.99. The molecular weight excluding hydrogens is 421 g/mol. The fourth-order valence-electron chi connectivity index (χ4n) is 4.06. The van der Waals surface area contributed by atoms with Crippen molar-refractivity contribution < 1.29 is 13.2 Å². The van der Waals surface area contributed by atoms with E-state index in [1.54, 1.807) is 6.07 Å². The molecule has 0 saturated carbocycles. The highest BCUT2D eigenvalue weighted by molar-refractivity contribution is 5.28. The van der Waals surface area contributed by atoms with Crippen molar-refractivity contribution in [1.82, 2.24) is 9.47 Å². The standard InChI is InChI=1S/C28H27F3N2/c1-22-9-5-6-13-25(22)20-32(18-23-10-3-2-4-11-23)21-27-15-8-16-33(27)19-24-12-7-14-26(17-24)28(29,30)31/h2-17H,18-21H2,1H3. The Hall–Kier alpha value is -3.31. The number of halogens is 3. The van der Waals surface area contributed by atoms with E-state index in [4.69, 9.17) is 0 Å². The Morgan fingerprint density at radius 1 is 0.727 bits per heavy atom. The minimum atomic E-state index is -4.34. The largest absolute Gasteiger partial charge is 0.416 e. The summed E-state index contributed by atoms with van der Waals surface area (Å²) in [5.74, 6) is 0. The van der Waals surface area contributed by atoms with Gasteiger partial charge in [0.05, 0.1) is 5.56 Å².